The number of ether oxygens (including phenoxy) is 3. The summed E-state index contributed by atoms with van der Waals surface area (Å²) in [4.78, 5) is 37.6. The second-order valence-electron chi connectivity index (χ2n) is 14.3. The first kappa shape index (κ1) is 50.9. The quantitative estimate of drug-likeness (QED) is 0.0205. The van der Waals surface area contributed by atoms with Crippen molar-refractivity contribution < 1.29 is 28.6 Å². The van der Waals surface area contributed by atoms with Crippen molar-refractivity contribution in [3.63, 3.8) is 0 Å². The summed E-state index contributed by atoms with van der Waals surface area (Å²) in [6.45, 7) is 6.35. The number of unbranched alkanes of at least 4 members (excludes halogenated alkanes) is 19. The molecule has 54 heavy (non-hydrogen) atoms. The summed E-state index contributed by atoms with van der Waals surface area (Å²) in [6.07, 6.45) is 51.7. The number of carbonyl (C=O) groups excluding carboxylic acids is 3. The maximum absolute atomic E-state index is 12.7. The third-order valence-corrected chi connectivity index (χ3v) is 9.07. The third-order valence-electron chi connectivity index (χ3n) is 9.07. The highest BCUT2D eigenvalue weighted by Gasteiger charge is 2.19. The molecule has 1 unspecified atom stereocenters. The molecule has 0 saturated heterocycles. The van der Waals surface area contributed by atoms with Gasteiger partial charge in [-0.3, -0.25) is 14.4 Å². The zero-order chi connectivity index (χ0) is 39.4. The molecule has 0 heterocycles. The minimum atomic E-state index is -0.802. The molecule has 0 saturated carbocycles. The van der Waals surface area contributed by atoms with Crippen molar-refractivity contribution in [1.29, 1.82) is 0 Å². The van der Waals surface area contributed by atoms with E-state index >= 15 is 0 Å². The van der Waals surface area contributed by atoms with Gasteiger partial charge in [-0.25, -0.2) is 0 Å². The minimum absolute atomic E-state index is 0.102. The van der Waals surface area contributed by atoms with Gasteiger partial charge in [0.15, 0.2) is 6.10 Å². The molecule has 0 bridgehead atoms. The Kier molecular flexibility index (Phi) is 40.1. The lowest BCUT2D eigenvalue weighted by molar-refractivity contribution is -0.167. The van der Waals surface area contributed by atoms with Crippen LogP contribution in [0, 0.1) is 0 Å². The highest BCUT2D eigenvalue weighted by atomic mass is 16.6. The van der Waals surface area contributed by atoms with Crippen molar-refractivity contribution in [3.8, 4) is 0 Å². The Labute approximate surface area is 332 Å². The van der Waals surface area contributed by atoms with E-state index in [-0.39, 0.29) is 37.5 Å². The Balaban J connectivity index is 4.51. The number of rotatable bonds is 38. The molecule has 0 aliphatic rings. The summed E-state index contributed by atoms with van der Waals surface area (Å²) >= 11 is 0. The molecule has 6 heteroatoms. The Hall–Kier alpha value is -3.15. The van der Waals surface area contributed by atoms with Gasteiger partial charge in [-0.05, 0) is 51.4 Å². The third kappa shape index (κ3) is 40.0. The summed E-state index contributed by atoms with van der Waals surface area (Å²) in [5.74, 6) is -0.994. The number of hydrogen-bond donors (Lipinski definition) is 0. The summed E-state index contributed by atoms with van der Waals surface area (Å²) in [5.41, 5.74) is 0. The molecule has 0 aromatic heterocycles. The van der Waals surface area contributed by atoms with Gasteiger partial charge >= 0.3 is 17.9 Å². The lowest BCUT2D eigenvalue weighted by Gasteiger charge is -2.18. The van der Waals surface area contributed by atoms with Crippen LogP contribution in [0.5, 0.6) is 0 Å². The van der Waals surface area contributed by atoms with Crippen molar-refractivity contribution in [2.24, 2.45) is 0 Å². The Morgan fingerprint density at radius 1 is 0.389 bits per heavy atom. The average molecular weight is 753 g/mol. The molecule has 0 radical (unpaired) electrons. The molecule has 0 amide bonds. The van der Waals surface area contributed by atoms with Gasteiger partial charge in [-0.15, -0.1) is 0 Å². The van der Waals surface area contributed by atoms with Crippen molar-refractivity contribution >= 4 is 17.9 Å². The van der Waals surface area contributed by atoms with Crippen LogP contribution in [0.1, 0.15) is 194 Å². The SMILES string of the molecule is CC\C=C/C=C\C=C/C=C\C=C/CCCC(=O)OCC(COC(=O)CCCCCCC/C=C\CCCC)OC(=O)CCCCCCCCCCCCCC. The van der Waals surface area contributed by atoms with Crippen LogP contribution in [0.2, 0.25) is 0 Å². The highest BCUT2D eigenvalue weighted by Crippen LogP contribution is 2.14. The molecule has 0 aromatic rings. The second kappa shape index (κ2) is 42.6. The number of allylic oxidation sites excluding steroid dienone is 12. The fourth-order valence-corrected chi connectivity index (χ4v) is 5.75. The molecular weight excluding hydrogens is 673 g/mol. The van der Waals surface area contributed by atoms with Gasteiger partial charge in [-0.1, -0.05) is 196 Å². The van der Waals surface area contributed by atoms with Crippen molar-refractivity contribution in [1.82, 2.24) is 0 Å². The lowest BCUT2D eigenvalue weighted by Crippen LogP contribution is -2.30. The second-order valence-corrected chi connectivity index (χ2v) is 14.3. The molecule has 0 aromatic carbocycles. The van der Waals surface area contributed by atoms with E-state index in [2.05, 4.69) is 39.0 Å². The van der Waals surface area contributed by atoms with Gasteiger partial charge in [0.2, 0.25) is 0 Å². The molecule has 0 fully saturated rings. The van der Waals surface area contributed by atoms with Gasteiger partial charge in [-0.2, -0.15) is 0 Å². The van der Waals surface area contributed by atoms with Gasteiger partial charge in [0, 0.05) is 19.3 Å². The van der Waals surface area contributed by atoms with E-state index in [1.807, 2.05) is 54.7 Å². The van der Waals surface area contributed by atoms with Crippen LogP contribution in [-0.4, -0.2) is 37.2 Å². The molecule has 308 valence electrons. The maximum atomic E-state index is 12.7. The molecule has 0 spiro atoms. The zero-order valence-corrected chi connectivity index (χ0v) is 35.0. The molecule has 0 aliphatic heterocycles. The Morgan fingerprint density at radius 3 is 1.30 bits per heavy atom. The molecule has 6 nitrogen and oxygen atoms in total. The maximum Gasteiger partial charge on any atom is 0.306 e. The van der Waals surface area contributed by atoms with E-state index in [9.17, 15) is 14.4 Å². The summed E-state index contributed by atoms with van der Waals surface area (Å²) in [6, 6.07) is 0. The Morgan fingerprint density at radius 2 is 0.778 bits per heavy atom. The van der Waals surface area contributed by atoms with E-state index in [1.165, 1.54) is 83.5 Å². The van der Waals surface area contributed by atoms with Crippen LogP contribution in [-0.2, 0) is 28.6 Å². The lowest BCUT2D eigenvalue weighted by atomic mass is 10.0. The standard InChI is InChI=1S/C48H80O6/c1-4-7-10-13-16-19-22-24-27-29-32-35-38-41-47(50)53-44-45(43-52-46(49)40-37-34-31-28-25-21-18-15-12-9-6-3)54-48(51)42-39-36-33-30-26-23-20-17-14-11-8-5-2/h7,10,13,15-16,18-19,22,24,27,29,32,45H,4-6,8-9,11-12,14,17,20-21,23,25-26,28,30-31,33-44H2,1-3H3/b10-7-,16-13-,18-15-,22-19-,27-24-,32-29-. The monoisotopic (exact) mass is 753 g/mol. The van der Waals surface area contributed by atoms with Gasteiger partial charge in [0.1, 0.15) is 13.2 Å². The average Bonchev–Trinajstić information content (AvgIpc) is 3.17. The van der Waals surface area contributed by atoms with Crippen LogP contribution in [0.25, 0.3) is 0 Å². The molecule has 0 aliphatic carbocycles. The first-order chi connectivity index (χ1) is 26.5. The fourth-order valence-electron chi connectivity index (χ4n) is 5.75. The largest absolute Gasteiger partial charge is 0.462 e. The van der Waals surface area contributed by atoms with Crippen LogP contribution in [0.15, 0.2) is 72.9 Å². The predicted octanol–water partition coefficient (Wildman–Crippen LogP) is 13.9. The number of esters is 3. The van der Waals surface area contributed by atoms with E-state index < -0.39 is 6.10 Å². The number of carbonyl (C=O) groups is 3. The van der Waals surface area contributed by atoms with Crippen molar-refractivity contribution in [2.75, 3.05) is 13.2 Å². The van der Waals surface area contributed by atoms with Crippen LogP contribution < -0.4 is 0 Å². The van der Waals surface area contributed by atoms with Crippen molar-refractivity contribution in [2.45, 2.75) is 200 Å². The van der Waals surface area contributed by atoms with Gasteiger partial charge in [0.05, 0.1) is 0 Å². The van der Waals surface area contributed by atoms with E-state index in [0.717, 1.165) is 64.2 Å². The van der Waals surface area contributed by atoms with E-state index in [4.69, 9.17) is 14.2 Å². The molecular formula is C48H80O6. The topological polar surface area (TPSA) is 78.9 Å². The molecule has 1 atom stereocenters. The number of hydrogen-bond acceptors (Lipinski definition) is 6. The summed E-state index contributed by atoms with van der Waals surface area (Å²) in [7, 11) is 0. The predicted molar refractivity (Wildman–Crippen MR) is 228 cm³/mol. The Bertz CT molecular complexity index is 1050. The zero-order valence-electron chi connectivity index (χ0n) is 35.0. The first-order valence-corrected chi connectivity index (χ1v) is 22.0. The molecule has 0 N–H and O–H groups in total. The highest BCUT2D eigenvalue weighted by molar-refractivity contribution is 5.71. The molecule has 0 rings (SSSR count). The summed E-state index contributed by atoms with van der Waals surface area (Å²) in [5, 5.41) is 0. The van der Waals surface area contributed by atoms with Gasteiger partial charge in [0.25, 0.3) is 0 Å². The van der Waals surface area contributed by atoms with E-state index in [1.54, 1.807) is 0 Å². The van der Waals surface area contributed by atoms with Crippen LogP contribution >= 0.6 is 0 Å². The van der Waals surface area contributed by atoms with Gasteiger partial charge < -0.3 is 14.2 Å². The van der Waals surface area contributed by atoms with Crippen LogP contribution in [0.4, 0.5) is 0 Å². The fraction of sp³-hybridized carbons (Fsp3) is 0.688. The van der Waals surface area contributed by atoms with E-state index in [0.29, 0.717) is 19.3 Å². The first-order valence-electron chi connectivity index (χ1n) is 22.0. The normalized spacial score (nSPS) is 12.7. The summed E-state index contributed by atoms with van der Waals surface area (Å²) < 4.78 is 16.6. The minimum Gasteiger partial charge on any atom is -0.462 e. The van der Waals surface area contributed by atoms with Crippen molar-refractivity contribution in [3.05, 3.63) is 72.9 Å². The van der Waals surface area contributed by atoms with Crippen LogP contribution in [0.3, 0.4) is 0 Å². The smallest absolute Gasteiger partial charge is 0.306 e.